The van der Waals surface area contributed by atoms with Crippen LogP contribution in [-0.2, 0) is 0 Å². The van der Waals surface area contributed by atoms with Crippen LogP contribution in [0.2, 0.25) is 0 Å². The Hall–Kier alpha value is -1.02. The Labute approximate surface area is 111 Å². The Bertz CT molecular complexity index is 425. The van der Waals surface area contributed by atoms with Crippen molar-refractivity contribution in [3.63, 3.8) is 0 Å². The number of likely N-dealkylation sites (N-methyl/N-ethyl adjacent to an activating group) is 1. The van der Waals surface area contributed by atoms with Crippen LogP contribution in [0.25, 0.3) is 0 Å². The molecule has 0 aromatic heterocycles. The SMILES string of the molecule is Cc1ccc(N(C)C2CCCCC2N)c(C)c1C. The van der Waals surface area contributed by atoms with Gasteiger partial charge in [0.25, 0.3) is 0 Å². The van der Waals surface area contributed by atoms with Gasteiger partial charge in [0.05, 0.1) is 0 Å². The molecule has 2 N–H and O–H groups in total. The lowest BCUT2D eigenvalue weighted by Gasteiger charge is -2.38. The van der Waals surface area contributed by atoms with Crippen LogP contribution in [0.1, 0.15) is 42.4 Å². The van der Waals surface area contributed by atoms with Gasteiger partial charge in [0, 0.05) is 24.8 Å². The quantitative estimate of drug-likeness (QED) is 0.867. The highest BCUT2D eigenvalue weighted by molar-refractivity contribution is 5.58. The van der Waals surface area contributed by atoms with E-state index in [0.717, 1.165) is 0 Å². The van der Waals surface area contributed by atoms with Gasteiger partial charge in [-0.2, -0.15) is 0 Å². The summed E-state index contributed by atoms with van der Waals surface area (Å²) in [6, 6.07) is 5.30. The maximum Gasteiger partial charge on any atom is 0.0437 e. The molecule has 0 heterocycles. The van der Waals surface area contributed by atoms with E-state index in [-0.39, 0.29) is 0 Å². The molecule has 0 saturated heterocycles. The third kappa shape index (κ3) is 2.39. The van der Waals surface area contributed by atoms with E-state index in [1.807, 2.05) is 0 Å². The molecule has 0 spiro atoms. The molecule has 1 saturated carbocycles. The van der Waals surface area contributed by atoms with Gasteiger partial charge in [-0.15, -0.1) is 0 Å². The van der Waals surface area contributed by atoms with Gasteiger partial charge >= 0.3 is 0 Å². The number of benzene rings is 1. The first-order valence-electron chi connectivity index (χ1n) is 7.07. The number of anilines is 1. The zero-order valence-corrected chi connectivity index (χ0v) is 12.2. The summed E-state index contributed by atoms with van der Waals surface area (Å²) in [7, 11) is 2.20. The normalized spacial score (nSPS) is 24.1. The molecule has 1 fully saturated rings. The molecule has 1 aromatic carbocycles. The van der Waals surface area contributed by atoms with Crippen LogP contribution in [-0.4, -0.2) is 19.1 Å². The van der Waals surface area contributed by atoms with E-state index in [1.54, 1.807) is 0 Å². The molecule has 0 amide bonds. The molecule has 1 aromatic rings. The maximum absolute atomic E-state index is 6.29. The van der Waals surface area contributed by atoms with Gasteiger partial charge in [0.15, 0.2) is 0 Å². The van der Waals surface area contributed by atoms with Crippen LogP contribution in [0.4, 0.5) is 5.69 Å². The average Bonchev–Trinajstić information content (AvgIpc) is 2.36. The lowest BCUT2D eigenvalue weighted by molar-refractivity contribution is 0.373. The zero-order chi connectivity index (χ0) is 13.3. The van der Waals surface area contributed by atoms with E-state index in [4.69, 9.17) is 5.73 Å². The Balaban J connectivity index is 2.28. The molecule has 18 heavy (non-hydrogen) atoms. The van der Waals surface area contributed by atoms with Crippen LogP contribution in [0.15, 0.2) is 12.1 Å². The number of rotatable bonds is 2. The molecule has 0 aliphatic heterocycles. The third-order valence-corrected chi connectivity index (χ3v) is 4.69. The predicted octanol–water partition coefficient (Wildman–Crippen LogP) is 3.32. The van der Waals surface area contributed by atoms with Gasteiger partial charge in [0.1, 0.15) is 0 Å². The van der Waals surface area contributed by atoms with Crippen LogP contribution in [0.3, 0.4) is 0 Å². The van der Waals surface area contributed by atoms with Crippen molar-refractivity contribution in [3.8, 4) is 0 Å². The Morgan fingerprint density at radius 2 is 1.72 bits per heavy atom. The number of nitrogens with two attached hydrogens (primary N) is 1. The van der Waals surface area contributed by atoms with Crippen molar-refractivity contribution < 1.29 is 0 Å². The summed E-state index contributed by atoms with van der Waals surface area (Å²) in [5, 5.41) is 0. The number of hydrogen-bond donors (Lipinski definition) is 1. The molecule has 2 heteroatoms. The van der Waals surface area contributed by atoms with Crippen molar-refractivity contribution in [2.45, 2.75) is 58.5 Å². The van der Waals surface area contributed by atoms with E-state index in [9.17, 15) is 0 Å². The topological polar surface area (TPSA) is 29.3 Å². The number of hydrogen-bond acceptors (Lipinski definition) is 2. The first kappa shape index (κ1) is 13.4. The smallest absolute Gasteiger partial charge is 0.0437 e. The second-order valence-electron chi connectivity index (χ2n) is 5.78. The summed E-state index contributed by atoms with van der Waals surface area (Å²) in [6.07, 6.45) is 4.99. The van der Waals surface area contributed by atoms with Crippen LogP contribution in [0, 0.1) is 20.8 Å². The summed E-state index contributed by atoms with van der Waals surface area (Å²) >= 11 is 0. The first-order chi connectivity index (χ1) is 8.52. The molecular formula is C16H26N2. The highest BCUT2D eigenvalue weighted by Crippen LogP contribution is 2.30. The summed E-state index contributed by atoms with van der Waals surface area (Å²) < 4.78 is 0. The van der Waals surface area contributed by atoms with E-state index < -0.39 is 0 Å². The molecule has 1 aliphatic rings. The fraction of sp³-hybridized carbons (Fsp3) is 0.625. The Kier molecular flexibility index (Phi) is 3.96. The van der Waals surface area contributed by atoms with Crippen molar-refractivity contribution in [2.24, 2.45) is 5.73 Å². The molecule has 1 aliphatic carbocycles. The minimum Gasteiger partial charge on any atom is -0.370 e. The molecule has 2 nitrogen and oxygen atoms in total. The molecular weight excluding hydrogens is 220 g/mol. The molecule has 2 unspecified atom stereocenters. The molecule has 2 rings (SSSR count). The molecule has 100 valence electrons. The van der Waals surface area contributed by atoms with Crippen molar-refractivity contribution in [1.82, 2.24) is 0 Å². The fourth-order valence-electron chi connectivity index (χ4n) is 3.12. The standard InChI is InChI=1S/C16H26N2/c1-11-9-10-15(13(3)12(11)2)18(4)16-8-6-5-7-14(16)17/h9-10,14,16H,5-8,17H2,1-4H3. The second kappa shape index (κ2) is 5.31. The van der Waals surface area contributed by atoms with Crippen molar-refractivity contribution in [3.05, 3.63) is 28.8 Å². The summed E-state index contributed by atoms with van der Waals surface area (Å²) in [6.45, 7) is 6.61. The Morgan fingerprint density at radius 3 is 2.39 bits per heavy atom. The summed E-state index contributed by atoms with van der Waals surface area (Å²) in [5.41, 5.74) is 11.8. The number of nitrogens with zero attached hydrogens (tertiary/aromatic N) is 1. The summed E-state index contributed by atoms with van der Waals surface area (Å²) in [5.74, 6) is 0. The summed E-state index contributed by atoms with van der Waals surface area (Å²) in [4.78, 5) is 2.41. The highest BCUT2D eigenvalue weighted by atomic mass is 15.2. The lowest BCUT2D eigenvalue weighted by atomic mass is 9.89. The largest absolute Gasteiger partial charge is 0.370 e. The molecule has 0 radical (unpaired) electrons. The van der Waals surface area contributed by atoms with E-state index in [1.165, 1.54) is 48.1 Å². The van der Waals surface area contributed by atoms with Crippen molar-refractivity contribution in [2.75, 3.05) is 11.9 Å². The molecule has 0 bridgehead atoms. The van der Waals surface area contributed by atoms with E-state index in [2.05, 4.69) is 44.9 Å². The minimum absolute atomic E-state index is 0.324. The monoisotopic (exact) mass is 246 g/mol. The van der Waals surface area contributed by atoms with Crippen molar-refractivity contribution in [1.29, 1.82) is 0 Å². The van der Waals surface area contributed by atoms with Crippen molar-refractivity contribution >= 4 is 5.69 Å². The van der Waals surface area contributed by atoms with Crippen LogP contribution < -0.4 is 10.6 Å². The van der Waals surface area contributed by atoms with E-state index in [0.29, 0.717) is 12.1 Å². The van der Waals surface area contributed by atoms with E-state index >= 15 is 0 Å². The second-order valence-corrected chi connectivity index (χ2v) is 5.78. The van der Waals surface area contributed by atoms with Crippen LogP contribution in [0.5, 0.6) is 0 Å². The maximum atomic E-state index is 6.29. The lowest BCUT2D eigenvalue weighted by Crippen LogP contribution is -2.48. The highest BCUT2D eigenvalue weighted by Gasteiger charge is 2.26. The minimum atomic E-state index is 0.324. The molecule has 2 atom stereocenters. The predicted molar refractivity (Wildman–Crippen MR) is 79.3 cm³/mol. The Morgan fingerprint density at radius 1 is 1.06 bits per heavy atom. The first-order valence-corrected chi connectivity index (χ1v) is 7.07. The van der Waals surface area contributed by atoms with Crippen LogP contribution >= 0.6 is 0 Å². The third-order valence-electron chi connectivity index (χ3n) is 4.69. The van der Waals surface area contributed by atoms with Gasteiger partial charge in [-0.25, -0.2) is 0 Å². The van der Waals surface area contributed by atoms with Gasteiger partial charge in [0.2, 0.25) is 0 Å². The zero-order valence-electron chi connectivity index (χ0n) is 12.2. The number of aryl methyl sites for hydroxylation is 1. The van der Waals surface area contributed by atoms with Gasteiger partial charge in [-0.05, 0) is 56.4 Å². The van der Waals surface area contributed by atoms with Gasteiger partial charge in [-0.3, -0.25) is 0 Å². The van der Waals surface area contributed by atoms with Gasteiger partial charge < -0.3 is 10.6 Å². The van der Waals surface area contributed by atoms with Gasteiger partial charge in [-0.1, -0.05) is 18.9 Å². The fourth-order valence-corrected chi connectivity index (χ4v) is 3.12. The average molecular weight is 246 g/mol.